The Kier molecular flexibility index (Phi) is 4.19. The average molecular weight is 363 g/mol. The van der Waals surface area contributed by atoms with E-state index in [2.05, 4.69) is 57.6 Å². The lowest BCUT2D eigenvalue weighted by atomic mass is 9.84. The lowest BCUT2D eigenvalue weighted by Gasteiger charge is -2.32. The summed E-state index contributed by atoms with van der Waals surface area (Å²) in [6.45, 7) is 2.67. The van der Waals surface area contributed by atoms with Crippen molar-refractivity contribution in [3.05, 3.63) is 66.2 Å². The number of nitrogens with zero attached hydrogens (tertiary/aromatic N) is 3. The highest BCUT2D eigenvalue weighted by Gasteiger charge is 2.45. The summed E-state index contributed by atoms with van der Waals surface area (Å²) in [6, 6.07) is 21.7. The molecule has 5 heteroatoms. The average Bonchev–Trinajstić information content (AvgIpc) is 3.34. The molecule has 2 aromatic carbocycles. The highest BCUT2D eigenvalue weighted by atomic mass is 32.1. The van der Waals surface area contributed by atoms with Crippen LogP contribution in [0, 0.1) is 5.92 Å². The third-order valence-electron chi connectivity index (χ3n) is 5.58. The zero-order chi connectivity index (χ0) is 17.3. The van der Waals surface area contributed by atoms with Crippen molar-refractivity contribution >= 4 is 16.5 Å². The quantitative estimate of drug-likeness (QED) is 0.698. The van der Waals surface area contributed by atoms with Gasteiger partial charge in [-0.05, 0) is 12.0 Å². The second-order valence-electron chi connectivity index (χ2n) is 7.02. The van der Waals surface area contributed by atoms with Crippen LogP contribution in [0.25, 0.3) is 10.6 Å². The van der Waals surface area contributed by atoms with Crippen LogP contribution in [-0.2, 0) is 4.74 Å². The fourth-order valence-corrected chi connectivity index (χ4v) is 5.22. The zero-order valence-electron chi connectivity index (χ0n) is 14.5. The third kappa shape index (κ3) is 2.81. The van der Waals surface area contributed by atoms with E-state index in [9.17, 15) is 0 Å². The van der Waals surface area contributed by atoms with Gasteiger partial charge in [0.25, 0.3) is 0 Å². The molecular weight excluding hydrogens is 342 g/mol. The van der Waals surface area contributed by atoms with Crippen LogP contribution in [0.5, 0.6) is 0 Å². The predicted octanol–water partition coefficient (Wildman–Crippen LogP) is 4.21. The van der Waals surface area contributed by atoms with Gasteiger partial charge in [0, 0.05) is 36.6 Å². The van der Waals surface area contributed by atoms with Gasteiger partial charge < -0.3 is 9.64 Å². The summed E-state index contributed by atoms with van der Waals surface area (Å²) in [4.78, 5) is 2.48. The first-order chi connectivity index (χ1) is 12.9. The fraction of sp³-hybridized carbons (Fsp3) is 0.333. The minimum Gasteiger partial charge on any atom is -0.381 e. The highest BCUT2D eigenvalue weighted by Crippen LogP contribution is 2.44. The number of anilines is 1. The molecule has 3 atom stereocenters. The molecule has 2 saturated heterocycles. The normalized spacial score (nSPS) is 25.2. The Morgan fingerprint density at radius 2 is 1.73 bits per heavy atom. The minimum atomic E-state index is 0.491. The second-order valence-corrected chi connectivity index (χ2v) is 7.98. The number of hydrogen-bond donors (Lipinski definition) is 0. The van der Waals surface area contributed by atoms with Gasteiger partial charge in [0.1, 0.15) is 5.01 Å². The maximum absolute atomic E-state index is 5.83. The molecular formula is C21H21N3OS. The standard InChI is InChI=1S/C21H21N3OS/c1-3-7-15(8-4-1)17-13-24(19-11-12-25-14-18(17)19)21-23-22-20(26-21)16-9-5-2-6-10-16/h1-10,17-19H,11-14H2. The molecule has 0 radical (unpaired) electrons. The van der Waals surface area contributed by atoms with E-state index >= 15 is 0 Å². The summed E-state index contributed by atoms with van der Waals surface area (Å²) in [6.07, 6.45) is 1.06. The summed E-state index contributed by atoms with van der Waals surface area (Å²) in [5, 5.41) is 11.0. The summed E-state index contributed by atoms with van der Waals surface area (Å²) in [7, 11) is 0. The number of aromatic nitrogens is 2. The molecule has 26 heavy (non-hydrogen) atoms. The van der Waals surface area contributed by atoms with Crippen LogP contribution in [0.15, 0.2) is 60.7 Å². The minimum absolute atomic E-state index is 0.491. The van der Waals surface area contributed by atoms with Gasteiger partial charge in [-0.15, -0.1) is 10.2 Å². The maximum Gasteiger partial charge on any atom is 0.208 e. The van der Waals surface area contributed by atoms with Crippen molar-refractivity contribution in [3.8, 4) is 10.6 Å². The summed E-state index contributed by atoms with van der Waals surface area (Å²) in [5.74, 6) is 1.01. The van der Waals surface area contributed by atoms with Gasteiger partial charge in [-0.25, -0.2) is 0 Å². The van der Waals surface area contributed by atoms with Crippen LogP contribution >= 0.6 is 11.3 Å². The lowest BCUT2D eigenvalue weighted by Crippen LogP contribution is -2.38. The molecule has 3 aromatic rings. The van der Waals surface area contributed by atoms with Crippen LogP contribution < -0.4 is 4.90 Å². The number of ether oxygens (including phenoxy) is 1. The second kappa shape index (κ2) is 6.82. The van der Waals surface area contributed by atoms with E-state index in [1.54, 1.807) is 11.3 Å². The van der Waals surface area contributed by atoms with E-state index in [1.807, 2.05) is 18.2 Å². The SMILES string of the molecule is c1ccc(-c2nnc(N3CC(c4ccccc4)C4COCCC43)s2)cc1. The molecule has 3 unspecified atom stereocenters. The van der Waals surface area contributed by atoms with Gasteiger partial charge in [-0.1, -0.05) is 72.0 Å². The van der Waals surface area contributed by atoms with E-state index in [-0.39, 0.29) is 0 Å². The molecule has 2 aliphatic rings. The van der Waals surface area contributed by atoms with Gasteiger partial charge in [0.2, 0.25) is 5.13 Å². The number of benzene rings is 2. The van der Waals surface area contributed by atoms with Gasteiger partial charge in [0.15, 0.2) is 0 Å². The molecule has 0 N–H and O–H groups in total. The smallest absolute Gasteiger partial charge is 0.208 e. The molecule has 4 nitrogen and oxygen atoms in total. The molecule has 0 spiro atoms. The summed E-state index contributed by atoms with van der Waals surface area (Å²) < 4.78 is 5.83. The first-order valence-electron chi connectivity index (χ1n) is 9.18. The number of fused-ring (bicyclic) bond motifs is 1. The molecule has 5 rings (SSSR count). The predicted molar refractivity (Wildman–Crippen MR) is 105 cm³/mol. The fourth-order valence-electron chi connectivity index (χ4n) is 4.30. The molecule has 1 aromatic heterocycles. The zero-order valence-corrected chi connectivity index (χ0v) is 15.3. The molecule has 2 fully saturated rings. The molecule has 0 aliphatic carbocycles. The molecule has 0 bridgehead atoms. The first-order valence-corrected chi connectivity index (χ1v) is 10.00. The van der Waals surface area contributed by atoms with Crippen molar-refractivity contribution in [1.29, 1.82) is 0 Å². The van der Waals surface area contributed by atoms with Gasteiger partial charge in [0.05, 0.1) is 6.61 Å². The highest BCUT2D eigenvalue weighted by molar-refractivity contribution is 7.18. The number of hydrogen-bond acceptors (Lipinski definition) is 5. The lowest BCUT2D eigenvalue weighted by molar-refractivity contribution is 0.0462. The number of rotatable bonds is 3. The largest absolute Gasteiger partial charge is 0.381 e. The third-order valence-corrected chi connectivity index (χ3v) is 6.59. The van der Waals surface area contributed by atoms with Crippen LogP contribution in [0.3, 0.4) is 0 Å². The van der Waals surface area contributed by atoms with E-state index in [0.29, 0.717) is 17.9 Å². The van der Waals surface area contributed by atoms with Gasteiger partial charge in [-0.2, -0.15) is 0 Å². The van der Waals surface area contributed by atoms with Crippen molar-refractivity contribution < 1.29 is 4.74 Å². The molecule has 0 amide bonds. The van der Waals surface area contributed by atoms with Crippen molar-refractivity contribution in [2.75, 3.05) is 24.7 Å². The summed E-state index contributed by atoms with van der Waals surface area (Å²) >= 11 is 1.70. The van der Waals surface area contributed by atoms with E-state index in [4.69, 9.17) is 4.74 Å². The Bertz CT molecular complexity index is 867. The van der Waals surface area contributed by atoms with E-state index in [1.165, 1.54) is 5.56 Å². The molecule has 0 saturated carbocycles. The first kappa shape index (κ1) is 16.0. The van der Waals surface area contributed by atoms with Gasteiger partial charge >= 0.3 is 0 Å². The topological polar surface area (TPSA) is 38.2 Å². The van der Waals surface area contributed by atoms with Crippen molar-refractivity contribution in [3.63, 3.8) is 0 Å². The molecule has 2 aliphatic heterocycles. The molecule has 3 heterocycles. The maximum atomic E-state index is 5.83. The Morgan fingerprint density at radius 3 is 2.54 bits per heavy atom. The monoisotopic (exact) mass is 363 g/mol. The van der Waals surface area contributed by atoms with Crippen LogP contribution in [-0.4, -0.2) is 36.0 Å². The van der Waals surface area contributed by atoms with Crippen LogP contribution in [0.2, 0.25) is 0 Å². The Hall–Kier alpha value is -2.24. The van der Waals surface area contributed by atoms with Crippen LogP contribution in [0.4, 0.5) is 5.13 Å². The Morgan fingerprint density at radius 1 is 0.962 bits per heavy atom. The van der Waals surface area contributed by atoms with Crippen LogP contribution in [0.1, 0.15) is 17.9 Å². The summed E-state index contributed by atoms with van der Waals surface area (Å²) in [5.41, 5.74) is 2.54. The molecule has 132 valence electrons. The van der Waals surface area contributed by atoms with E-state index in [0.717, 1.165) is 41.9 Å². The van der Waals surface area contributed by atoms with Crippen molar-refractivity contribution in [2.24, 2.45) is 5.92 Å². The van der Waals surface area contributed by atoms with Gasteiger partial charge in [-0.3, -0.25) is 0 Å². The van der Waals surface area contributed by atoms with Crippen molar-refractivity contribution in [1.82, 2.24) is 10.2 Å². The van der Waals surface area contributed by atoms with E-state index < -0.39 is 0 Å². The van der Waals surface area contributed by atoms with Crippen molar-refractivity contribution in [2.45, 2.75) is 18.4 Å². The Balaban J connectivity index is 1.46. The Labute approximate surface area is 157 Å².